The van der Waals surface area contributed by atoms with E-state index in [0.717, 1.165) is 16.8 Å². The second-order valence-electron chi connectivity index (χ2n) is 7.94. The van der Waals surface area contributed by atoms with Gasteiger partial charge in [0.15, 0.2) is 11.0 Å². The molecular formula is C26H26N6O3S. The topological polar surface area (TPSA) is 111 Å². The quantitative estimate of drug-likeness (QED) is 0.322. The van der Waals surface area contributed by atoms with Gasteiger partial charge in [-0.05, 0) is 61.9 Å². The molecule has 10 heteroatoms. The first-order chi connectivity index (χ1) is 17.4. The van der Waals surface area contributed by atoms with Crippen molar-refractivity contribution in [3.05, 3.63) is 78.6 Å². The fourth-order valence-electron chi connectivity index (χ4n) is 3.35. The van der Waals surface area contributed by atoms with Crippen molar-refractivity contribution in [1.29, 1.82) is 0 Å². The van der Waals surface area contributed by atoms with Crippen molar-refractivity contribution in [2.45, 2.75) is 25.0 Å². The summed E-state index contributed by atoms with van der Waals surface area (Å²) >= 11 is 1.21. The third kappa shape index (κ3) is 6.08. The van der Waals surface area contributed by atoms with Gasteiger partial charge in [0.2, 0.25) is 11.8 Å². The number of nitrogens with zero attached hydrogens (tertiary/aromatic N) is 4. The van der Waals surface area contributed by atoms with E-state index in [1.165, 1.54) is 11.8 Å². The molecule has 1 unspecified atom stereocenters. The number of ether oxygens (including phenoxy) is 1. The number of aromatic nitrogens is 4. The summed E-state index contributed by atoms with van der Waals surface area (Å²) in [7, 11) is 1.59. The maximum Gasteiger partial charge on any atom is 0.249 e. The van der Waals surface area contributed by atoms with E-state index in [1.54, 1.807) is 67.5 Å². The molecule has 2 heterocycles. The predicted octanol–water partition coefficient (Wildman–Crippen LogP) is 4.59. The molecule has 0 saturated heterocycles. The minimum Gasteiger partial charge on any atom is -0.497 e. The zero-order valence-electron chi connectivity index (χ0n) is 20.1. The molecule has 2 amide bonds. The Kier molecular flexibility index (Phi) is 7.96. The Labute approximate surface area is 213 Å². The van der Waals surface area contributed by atoms with E-state index in [-0.39, 0.29) is 17.6 Å². The molecule has 0 fully saturated rings. The van der Waals surface area contributed by atoms with E-state index < -0.39 is 6.04 Å². The molecule has 0 bridgehead atoms. The van der Waals surface area contributed by atoms with E-state index in [4.69, 9.17) is 4.74 Å². The summed E-state index contributed by atoms with van der Waals surface area (Å²) in [6.45, 7) is 3.68. The lowest BCUT2D eigenvalue weighted by molar-refractivity contribution is -0.119. The van der Waals surface area contributed by atoms with Crippen molar-refractivity contribution in [2.24, 2.45) is 0 Å². The number of nitrogens with one attached hydrogen (secondary N) is 2. The van der Waals surface area contributed by atoms with Gasteiger partial charge in [0.1, 0.15) is 11.8 Å². The summed E-state index contributed by atoms with van der Waals surface area (Å²) < 4.78 is 6.70. The van der Waals surface area contributed by atoms with Crippen molar-refractivity contribution >= 4 is 35.0 Å². The van der Waals surface area contributed by atoms with E-state index in [0.29, 0.717) is 22.4 Å². The second-order valence-corrected chi connectivity index (χ2v) is 8.89. The number of carbonyl (C=O) groups excluding carboxylic acids is 2. The number of thioether (sulfide) groups is 1. The van der Waals surface area contributed by atoms with Crippen molar-refractivity contribution in [1.82, 2.24) is 19.7 Å². The number of rotatable bonds is 9. The molecule has 2 aromatic heterocycles. The van der Waals surface area contributed by atoms with Crippen molar-refractivity contribution in [2.75, 3.05) is 23.5 Å². The third-order valence-corrected chi connectivity index (χ3v) is 6.34. The molecule has 0 radical (unpaired) electrons. The van der Waals surface area contributed by atoms with E-state index in [2.05, 4.69) is 25.7 Å². The maximum absolute atomic E-state index is 13.1. The predicted molar refractivity (Wildman–Crippen MR) is 140 cm³/mol. The van der Waals surface area contributed by atoms with Gasteiger partial charge in [-0.25, -0.2) is 9.67 Å². The fraction of sp³-hybridized carbons (Fsp3) is 0.192. The lowest BCUT2D eigenvalue weighted by Crippen LogP contribution is -2.25. The van der Waals surface area contributed by atoms with Crippen LogP contribution < -0.4 is 15.4 Å². The number of carbonyl (C=O) groups is 2. The van der Waals surface area contributed by atoms with Gasteiger partial charge in [0.25, 0.3) is 0 Å². The highest BCUT2D eigenvalue weighted by Gasteiger charge is 2.23. The SMILES string of the molecule is COc1ccc(NC(=O)CSc2nc(-c3ccncc3)nn2C(C)C(=O)Nc2ccccc2C)cc1. The van der Waals surface area contributed by atoms with Crippen LogP contribution in [-0.2, 0) is 9.59 Å². The smallest absolute Gasteiger partial charge is 0.249 e. The number of hydrogen-bond donors (Lipinski definition) is 2. The van der Waals surface area contributed by atoms with Crippen molar-refractivity contribution in [3.8, 4) is 17.1 Å². The fourth-order valence-corrected chi connectivity index (χ4v) is 4.16. The Bertz CT molecular complexity index is 1340. The highest BCUT2D eigenvalue weighted by Crippen LogP contribution is 2.26. The van der Waals surface area contributed by atoms with Crippen LogP contribution in [0.5, 0.6) is 5.75 Å². The van der Waals surface area contributed by atoms with Gasteiger partial charge in [0.05, 0.1) is 12.9 Å². The molecule has 2 aromatic carbocycles. The van der Waals surface area contributed by atoms with Crippen LogP contribution in [-0.4, -0.2) is 44.4 Å². The largest absolute Gasteiger partial charge is 0.497 e. The molecule has 4 rings (SSSR count). The van der Waals surface area contributed by atoms with E-state index in [1.807, 2.05) is 31.2 Å². The lowest BCUT2D eigenvalue weighted by Gasteiger charge is -2.15. The monoisotopic (exact) mass is 502 g/mol. The van der Waals surface area contributed by atoms with Crippen LogP contribution in [0.1, 0.15) is 18.5 Å². The number of benzene rings is 2. The van der Waals surface area contributed by atoms with Crippen LogP contribution >= 0.6 is 11.8 Å². The van der Waals surface area contributed by atoms with Crippen LogP contribution in [0.25, 0.3) is 11.4 Å². The Morgan fingerprint density at radius 1 is 1.03 bits per heavy atom. The highest BCUT2D eigenvalue weighted by atomic mass is 32.2. The first-order valence-electron chi connectivity index (χ1n) is 11.2. The third-order valence-electron chi connectivity index (χ3n) is 5.39. The summed E-state index contributed by atoms with van der Waals surface area (Å²) in [5, 5.41) is 10.9. The number of para-hydroxylation sites is 1. The van der Waals surface area contributed by atoms with Gasteiger partial charge >= 0.3 is 0 Å². The molecule has 9 nitrogen and oxygen atoms in total. The lowest BCUT2D eigenvalue weighted by atomic mass is 10.2. The number of anilines is 2. The summed E-state index contributed by atoms with van der Waals surface area (Å²) in [5.74, 6) is 0.803. The van der Waals surface area contributed by atoms with Crippen LogP contribution in [0.15, 0.2) is 78.2 Å². The number of pyridine rings is 1. The summed E-state index contributed by atoms with van der Waals surface area (Å²) in [5.41, 5.74) is 3.11. The zero-order chi connectivity index (χ0) is 25.5. The Morgan fingerprint density at radius 3 is 2.44 bits per heavy atom. The molecule has 2 N–H and O–H groups in total. The first kappa shape index (κ1) is 24.9. The molecule has 184 valence electrons. The molecule has 0 aliphatic heterocycles. The van der Waals surface area contributed by atoms with Gasteiger partial charge in [-0.1, -0.05) is 30.0 Å². The molecule has 0 saturated carbocycles. The standard InChI is InChI=1S/C26H26N6O3S/c1-17-6-4-5-7-22(17)29-25(34)18(2)32-26(30-24(31-32)19-12-14-27-15-13-19)36-16-23(33)28-20-8-10-21(35-3)11-9-20/h4-15,18H,16H2,1-3H3,(H,28,33)(H,29,34). The van der Waals surface area contributed by atoms with Crippen molar-refractivity contribution < 1.29 is 14.3 Å². The molecular weight excluding hydrogens is 476 g/mol. The van der Waals surface area contributed by atoms with Crippen LogP contribution in [0, 0.1) is 6.92 Å². The van der Waals surface area contributed by atoms with Gasteiger partial charge < -0.3 is 15.4 Å². The summed E-state index contributed by atoms with van der Waals surface area (Å²) in [4.78, 5) is 34.3. The van der Waals surface area contributed by atoms with E-state index in [9.17, 15) is 9.59 Å². The molecule has 36 heavy (non-hydrogen) atoms. The second kappa shape index (κ2) is 11.5. The number of amides is 2. The molecule has 0 aliphatic rings. The van der Waals surface area contributed by atoms with Crippen molar-refractivity contribution in [3.63, 3.8) is 0 Å². The highest BCUT2D eigenvalue weighted by molar-refractivity contribution is 7.99. The minimum absolute atomic E-state index is 0.0899. The van der Waals surface area contributed by atoms with Gasteiger partial charge in [-0.2, -0.15) is 0 Å². The van der Waals surface area contributed by atoms with Crippen LogP contribution in [0.4, 0.5) is 11.4 Å². The molecule has 0 aliphatic carbocycles. The van der Waals surface area contributed by atoms with Gasteiger partial charge in [0, 0.05) is 29.3 Å². The Balaban J connectivity index is 1.52. The summed E-state index contributed by atoms with van der Waals surface area (Å²) in [6.07, 6.45) is 3.30. The van der Waals surface area contributed by atoms with Crippen LogP contribution in [0.3, 0.4) is 0 Å². The molecule has 0 spiro atoms. The molecule has 1 atom stereocenters. The Hall–Kier alpha value is -4.18. The van der Waals surface area contributed by atoms with Gasteiger partial charge in [-0.3, -0.25) is 14.6 Å². The minimum atomic E-state index is -0.667. The average molecular weight is 503 g/mol. The normalized spacial score (nSPS) is 11.5. The maximum atomic E-state index is 13.1. The zero-order valence-corrected chi connectivity index (χ0v) is 21.0. The Morgan fingerprint density at radius 2 is 1.75 bits per heavy atom. The van der Waals surface area contributed by atoms with E-state index >= 15 is 0 Å². The van der Waals surface area contributed by atoms with Crippen LogP contribution in [0.2, 0.25) is 0 Å². The molecule has 4 aromatic rings. The number of hydrogen-bond acceptors (Lipinski definition) is 7. The summed E-state index contributed by atoms with van der Waals surface area (Å²) in [6, 6.07) is 17.6. The average Bonchev–Trinajstić information content (AvgIpc) is 3.33. The van der Waals surface area contributed by atoms with Gasteiger partial charge in [-0.15, -0.1) is 5.10 Å². The number of methoxy groups -OCH3 is 1. The first-order valence-corrected chi connectivity index (χ1v) is 12.2. The number of aryl methyl sites for hydroxylation is 1.